The van der Waals surface area contributed by atoms with E-state index < -0.39 is 14.9 Å². The van der Waals surface area contributed by atoms with Crippen molar-refractivity contribution in [3.63, 3.8) is 0 Å². The zero-order valence-electron chi connectivity index (χ0n) is 15.2. The first kappa shape index (κ1) is 20.0. The van der Waals surface area contributed by atoms with Gasteiger partial charge >= 0.3 is 0 Å². The van der Waals surface area contributed by atoms with Gasteiger partial charge in [-0.25, -0.2) is 8.42 Å². The SMILES string of the molecule is COc1ccc([N+](=O)[O-])cc1S(=O)(=O)Nc1ccc(N=Nc2ccccc2)cc1. The molecule has 0 spiro atoms. The molecule has 0 heterocycles. The fourth-order valence-corrected chi connectivity index (χ4v) is 3.65. The Labute approximate surface area is 166 Å². The number of ether oxygens (including phenoxy) is 1. The quantitative estimate of drug-likeness (QED) is 0.338. The lowest BCUT2D eigenvalue weighted by atomic mass is 10.3. The van der Waals surface area contributed by atoms with Gasteiger partial charge in [0.15, 0.2) is 0 Å². The lowest BCUT2D eigenvalue weighted by molar-refractivity contribution is -0.385. The first-order valence-corrected chi connectivity index (χ1v) is 9.79. The molecule has 3 aromatic rings. The van der Waals surface area contributed by atoms with Gasteiger partial charge in [-0.05, 0) is 42.5 Å². The number of benzene rings is 3. The standard InChI is InChI=1S/C19H16N4O5S/c1-28-18-12-11-17(23(24)25)13-19(18)29(26,27)22-16-9-7-15(8-10-16)21-20-14-5-3-2-4-6-14/h2-13,22H,1H3. The van der Waals surface area contributed by atoms with Crippen LogP contribution in [0.4, 0.5) is 22.7 Å². The fraction of sp³-hybridized carbons (Fsp3) is 0.0526. The molecule has 3 aromatic carbocycles. The Balaban J connectivity index is 1.81. The molecule has 10 heteroatoms. The Kier molecular flexibility index (Phi) is 5.84. The van der Waals surface area contributed by atoms with E-state index in [0.29, 0.717) is 11.4 Å². The number of hydrogen-bond acceptors (Lipinski definition) is 7. The number of azo groups is 1. The van der Waals surface area contributed by atoms with E-state index in [1.54, 1.807) is 24.3 Å². The van der Waals surface area contributed by atoms with E-state index in [0.717, 1.165) is 6.07 Å². The first-order chi connectivity index (χ1) is 13.9. The van der Waals surface area contributed by atoms with E-state index >= 15 is 0 Å². The molecule has 9 nitrogen and oxygen atoms in total. The Bertz CT molecular complexity index is 1150. The third-order valence-corrected chi connectivity index (χ3v) is 5.21. The molecule has 0 fully saturated rings. The third-order valence-electron chi connectivity index (χ3n) is 3.80. The third kappa shape index (κ3) is 4.93. The van der Waals surface area contributed by atoms with Gasteiger partial charge in [0, 0.05) is 17.8 Å². The zero-order valence-corrected chi connectivity index (χ0v) is 16.0. The maximum absolute atomic E-state index is 12.7. The molecular weight excluding hydrogens is 396 g/mol. The van der Waals surface area contributed by atoms with E-state index in [-0.39, 0.29) is 22.0 Å². The molecule has 29 heavy (non-hydrogen) atoms. The van der Waals surface area contributed by atoms with Crippen LogP contribution >= 0.6 is 0 Å². The number of nitrogens with one attached hydrogen (secondary N) is 1. The smallest absolute Gasteiger partial charge is 0.271 e. The molecule has 0 aromatic heterocycles. The normalized spacial score (nSPS) is 11.3. The van der Waals surface area contributed by atoms with Gasteiger partial charge < -0.3 is 4.74 Å². The molecule has 0 radical (unpaired) electrons. The number of sulfonamides is 1. The maximum atomic E-state index is 12.7. The number of nitro groups is 1. The number of nitrogens with zero attached hydrogens (tertiary/aromatic N) is 3. The summed E-state index contributed by atoms with van der Waals surface area (Å²) < 4.78 is 32.8. The summed E-state index contributed by atoms with van der Waals surface area (Å²) in [7, 11) is -2.83. The van der Waals surface area contributed by atoms with Gasteiger partial charge in [-0.3, -0.25) is 14.8 Å². The molecule has 0 aliphatic rings. The number of non-ortho nitro benzene ring substituents is 1. The maximum Gasteiger partial charge on any atom is 0.271 e. The molecule has 0 bridgehead atoms. The first-order valence-electron chi connectivity index (χ1n) is 8.31. The van der Waals surface area contributed by atoms with Crippen LogP contribution in [-0.4, -0.2) is 20.5 Å². The minimum Gasteiger partial charge on any atom is -0.495 e. The minimum atomic E-state index is -4.11. The van der Waals surface area contributed by atoms with Crippen molar-refractivity contribution in [2.45, 2.75) is 4.90 Å². The van der Waals surface area contributed by atoms with Crippen molar-refractivity contribution in [1.82, 2.24) is 0 Å². The lowest BCUT2D eigenvalue weighted by Gasteiger charge is -2.11. The van der Waals surface area contributed by atoms with Crippen LogP contribution in [0.5, 0.6) is 5.75 Å². The highest BCUT2D eigenvalue weighted by molar-refractivity contribution is 7.92. The summed E-state index contributed by atoms with van der Waals surface area (Å²) in [5.41, 5.74) is 1.12. The van der Waals surface area contributed by atoms with Crippen LogP contribution in [-0.2, 0) is 10.0 Å². The summed E-state index contributed by atoms with van der Waals surface area (Å²) in [6.07, 6.45) is 0. The number of nitro benzene ring substituents is 1. The van der Waals surface area contributed by atoms with Crippen LogP contribution in [0.3, 0.4) is 0 Å². The van der Waals surface area contributed by atoms with Crippen molar-refractivity contribution < 1.29 is 18.1 Å². The lowest BCUT2D eigenvalue weighted by Crippen LogP contribution is -2.14. The molecule has 0 saturated heterocycles. The van der Waals surface area contributed by atoms with Crippen LogP contribution in [0.1, 0.15) is 0 Å². The summed E-state index contributed by atoms with van der Waals surface area (Å²) >= 11 is 0. The second kappa shape index (κ2) is 8.48. The summed E-state index contributed by atoms with van der Waals surface area (Å²) in [5, 5.41) is 19.1. The van der Waals surface area contributed by atoms with Crippen LogP contribution in [0, 0.1) is 10.1 Å². The molecule has 0 saturated carbocycles. The van der Waals surface area contributed by atoms with E-state index in [2.05, 4.69) is 15.0 Å². The van der Waals surface area contributed by atoms with Crippen molar-refractivity contribution in [2.75, 3.05) is 11.8 Å². The summed E-state index contributed by atoms with van der Waals surface area (Å²) in [6.45, 7) is 0. The Morgan fingerprint density at radius 3 is 2.14 bits per heavy atom. The predicted molar refractivity (Wildman–Crippen MR) is 108 cm³/mol. The summed E-state index contributed by atoms with van der Waals surface area (Å²) in [6, 6.07) is 18.7. The van der Waals surface area contributed by atoms with Gasteiger partial charge in [-0.15, -0.1) is 0 Å². The Morgan fingerprint density at radius 1 is 0.931 bits per heavy atom. The zero-order chi connectivity index (χ0) is 20.9. The minimum absolute atomic E-state index is 0.00335. The molecule has 0 atom stereocenters. The fourth-order valence-electron chi connectivity index (χ4n) is 2.41. The van der Waals surface area contributed by atoms with Crippen molar-refractivity contribution in [3.05, 3.63) is 82.9 Å². The largest absolute Gasteiger partial charge is 0.495 e. The molecule has 148 valence electrons. The summed E-state index contributed by atoms with van der Waals surface area (Å²) in [5.74, 6) is -0.00335. The highest BCUT2D eigenvalue weighted by Gasteiger charge is 2.23. The molecule has 3 rings (SSSR count). The predicted octanol–water partition coefficient (Wildman–Crippen LogP) is 4.82. The van der Waals surface area contributed by atoms with Gasteiger partial charge in [0.05, 0.1) is 23.4 Å². The number of hydrogen-bond donors (Lipinski definition) is 1. The topological polar surface area (TPSA) is 123 Å². The highest BCUT2D eigenvalue weighted by Crippen LogP contribution is 2.30. The van der Waals surface area contributed by atoms with Gasteiger partial charge in [0.2, 0.25) is 0 Å². The summed E-state index contributed by atoms with van der Waals surface area (Å²) in [4.78, 5) is 9.96. The van der Waals surface area contributed by atoms with Gasteiger partial charge in [0.1, 0.15) is 10.6 Å². The van der Waals surface area contributed by atoms with E-state index in [1.165, 1.54) is 31.4 Å². The van der Waals surface area contributed by atoms with Crippen LogP contribution in [0.25, 0.3) is 0 Å². The highest BCUT2D eigenvalue weighted by atomic mass is 32.2. The van der Waals surface area contributed by atoms with Crippen LogP contribution in [0.2, 0.25) is 0 Å². The molecule has 0 aliphatic heterocycles. The van der Waals surface area contributed by atoms with Crippen LogP contribution in [0.15, 0.2) is 87.9 Å². The van der Waals surface area contributed by atoms with Crippen molar-refractivity contribution in [1.29, 1.82) is 0 Å². The van der Waals surface area contributed by atoms with Gasteiger partial charge in [-0.2, -0.15) is 10.2 Å². The molecule has 0 amide bonds. The van der Waals surface area contributed by atoms with E-state index in [4.69, 9.17) is 4.74 Å². The Morgan fingerprint density at radius 2 is 1.55 bits per heavy atom. The molecular formula is C19H16N4O5S. The molecule has 1 N–H and O–H groups in total. The van der Waals surface area contributed by atoms with Gasteiger partial charge in [-0.1, -0.05) is 18.2 Å². The number of rotatable bonds is 7. The van der Waals surface area contributed by atoms with Crippen LogP contribution < -0.4 is 9.46 Å². The average Bonchev–Trinajstić information content (AvgIpc) is 2.73. The van der Waals surface area contributed by atoms with E-state index in [9.17, 15) is 18.5 Å². The number of anilines is 1. The number of methoxy groups -OCH3 is 1. The van der Waals surface area contributed by atoms with Crippen molar-refractivity contribution >= 4 is 32.8 Å². The van der Waals surface area contributed by atoms with E-state index in [1.807, 2.05) is 18.2 Å². The molecule has 0 unspecified atom stereocenters. The second-order valence-corrected chi connectivity index (χ2v) is 7.43. The molecule has 0 aliphatic carbocycles. The Hall–Kier alpha value is -3.79. The second-order valence-electron chi connectivity index (χ2n) is 5.78. The van der Waals surface area contributed by atoms with Crippen molar-refractivity contribution in [2.24, 2.45) is 10.2 Å². The monoisotopic (exact) mass is 412 g/mol. The van der Waals surface area contributed by atoms with Gasteiger partial charge in [0.25, 0.3) is 15.7 Å². The average molecular weight is 412 g/mol. The van der Waals surface area contributed by atoms with Crippen molar-refractivity contribution in [3.8, 4) is 5.75 Å².